The minimum absolute atomic E-state index is 0.0198. The number of hydrogen-bond donors (Lipinski definition) is 1. The van der Waals surface area contributed by atoms with E-state index in [2.05, 4.69) is 20.9 Å². The fraction of sp³-hybridized carbons (Fsp3) is 0.0526. The summed E-state index contributed by atoms with van der Waals surface area (Å²) in [6.45, 7) is 0. The zero-order valence-electron chi connectivity index (χ0n) is 12.6. The maximum atomic E-state index is 11.1. The van der Waals surface area contributed by atoms with Crippen LogP contribution in [0, 0.1) is 0 Å². The molecule has 1 aromatic heterocycles. The molecular weight excluding hydrogens is 386 g/mol. The highest BCUT2D eigenvalue weighted by molar-refractivity contribution is 9.10. The lowest BCUT2D eigenvalue weighted by Gasteiger charge is -1.99. The Morgan fingerprint density at radius 2 is 1.79 bits per heavy atom. The topological polar surface area (TPSA) is 50.2 Å². The lowest BCUT2D eigenvalue weighted by Crippen LogP contribution is -1.99. The van der Waals surface area contributed by atoms with E-state index in [1.807, 2.05) is 66.7 Å². The smallest absolute Gasteiger partial charge is 0.308 e. The average molecular weight is 400 g/mol. The normalized spacial score (nSPS) is 11.0. The molecule has 24 heavy (non-hydrogen) atoms. The van der Waals surface area contributed by atoms with E-state index in [0.29, 0.717) is 0 Å². The third kappa shape index (κ3) is 4.19. The highest BCUT2D eigenvalue weighted by Crippen LogP contribution is 2.29. The van der Waals surface area contributed by atoms with Crippen LogP contribution in [-0.4, -0.2) is 16.1 Å². The number of carbonyl (C=O) groups is 1. The van der Waals surface area contributed by atoms with Gasteiger partial charge in [0.1, 0.15) is 5.01 Å². The molecule has 0 radical (unpaired) electrons. The van der Waals surface area contributed by atoms with Gasteiger partial charge in [0, 0.05) is 14.9 Å². The van der Waals surface area contributed by atoms with Crippen molar-refractivity contribution in [2.45, 2.75) is 6.42 Å². The van der Waals surface area contributed by atoms with Crippen LogP contribution in [0.2, 0.25) is 0 Å². The van der Waals surface area contributed by atoms with Crippen LogP contribution in [0.5, 0.6) is 0 Å². The summed E-state index contributed by atoms with van der Waals surface area (Å²) in [5.41, 5.74) is 2.75. The first kappa shape index (κ1) is 16.6. The fourth-order valence-electron chi connectivity index (χ4n) is 2.26. The molecule has 0 aliphatic heterocycles. The second kappa shape index (κ2) is 7.55. The van der Waals surface area contributed by atoms with Gasteiger partial charge in [-0.1, -0.05) is 64.5 Å². The van der Waals surface area contributed by atoms with Crippen LogP contribution in [0.4, 0.5) is 0 Å². The van der Waals surface area contributed by atoms with E-state index < -0.39 is 5.97 Å². The van der Waals surface area contributed by atoms with Gasteiger partial charge in [-0.3, -0.25) is 4.79 Å². The van der Waals surface area contributed by atoms with Crippen molar-refractivity contribution >= 4 is 45.4 Å². The van der Waals surface area contributed by atoms with Crippen LogP contribution in [0.1, 0.15) is 15.4 Å². The minimum Gasteiger partial charge on any atom is -0.481 e. The summed E-state index contributed by atoms with van der Waals surface area (Å²) >= 11 is 4.83. The number of rotatable bonds is 5. The van der Waals surface area contributed by atoms with E-state index in [4.69, 9.17) is 5.11 Å². The summed E-state index contributed by atoms with van der Waals surface area (Å²) in [4.78, 5) is 16.5. The van der Waals surface area contributed by atoms with Crippen LogP contribution in [0.25, 0.3) is 23.4 Å². The molecule has 0 aliphatic carbocycles. The van der Waals surface area contributed by atoms with Gasteiger partial charge in [0.05, 0.1) is 12.1 Å². The van der Waals surface area contributed by atoms with Crippen molar-refractivity contribution in [3.63, 3.8) is 0 Å². The van der Waals surface area contributed by atoms with E-state index in [0.717, 1.165) is 31.2 Å². The number of hydrogen-bond acceptors (Lipinski definition) is 3. The first-order valence-corrected chi connectivity index (χ1v) is 8.93. The van der Waals surface area contributed by atoms with Crippen LogP contribution in [0.3, 0.4) is 0 Å². The largest absolute Gasteiger partial charge is 0.481 e. The molecule has 3 nitrogen and oxygen atoms in total. The lowest BCUT2D eigenvalue weighted by atomic mass is 10.1. The molecular formula is C19H14BrNO2S. The standard InChI is InChI=1S/C19H14BrNO2S/c20-15-9-6-13(7-10-15)8-11-17-21-19(14-4-2-1-3-5-14)16(24-17)12-18(22)23/h1-11H,12H2,(H,22,23)/b11-8+. The molecule has 0 bridgehead atoms. The number of aliphatic carboxylic acids is 1. The lowest BCUT2D eigenvalue weighted by molar-refractivity contribution is -0.136. The van der Waals surface area contributed by atoms with Gasteiger partial charge >= 0.3 is 5.97 Å². The van der Waals surface area contributed by atoms with Gasteiger partial charge in [0.2, 0.25) is 0 Å². The van der Waals surface area contributed by atoms with Crippen molar-refractivity contribution in [3.8, 4) is 11.3 Å². The summed E-state index contributed by atoms with van der Waals surface area (Å²) in [5.74, 6) is -0.848. The summed E-state index contributed by atoms with van der Waals surface area (Å²) in [5, 5.41) is 9.94. The first-order valence-electron chi connectivity index (χ1n) is 7.32. The van der Waals surface area contributed by atoms with Crippen LogP contribution >= 0.6 is 27.3 Å². The Labute approximate surface area is 152 Å². The highest BCUT2D eigenvalue weighted by atomic mass is 79.9. The molecule has 3 aromatic rings. The number of carboxylic acids is 1. The predicted octanol–water partition coefficient (Wildman–Crippen LogP) is 5.37. The molecule has 2 aromatic carbocycles. The van der Waals surface area contributed by atoms with Crippen molar-refractivity contribution < 1.29 is 9.90 Å². The second-order valence-electron chi connectivity index (χ2n) is 5.15. The molecule has 3 rings (SSSR count). The molecule has 0 saturated carbocycles. The summed E-state index contributed by atoms with van der Waals surface area (Å²) < 4.78 is 1.03. The van der Waals surface area contributed by atoms with E-state index in [-0.39, 0.29) is 6.42 Å². The SMILES string of the molecule is O=C(O)Cc1sc(/C=C/c2ccc(Br)cc2)nc1-c1ccccc1. The quantitative estimate of drug-likeness (QED) is 0.627. The molecule has 120 valence electrons. The monoisotopic (exact) mass is 399 g/mol. The molecule has 0 fully saturated rings. The number of carboxylic acid groups (broad SMARTS) is 1. The molecule has 0 atom stereocenters. The number of aromatic nitrogens is 1. The second-order valence-corrected chi connectivity index (χ2v) is 7.18. The summed E-state index contributed by atoms with van der Waals surface area (Å²) in [6, 6.07) is 17.6. The van der Waals surface area contributed by atoms with Crippen LogP contribution in [-0.2, 0) is 11.2 Å². The van der Waals surface area contributed by atoms with Crippen molar-refractivity contribution in [2.75, 3.05) is 0 Å². The van der Waals surface area contributed by atoms with Crippen molar-refractivity contribution in [2.24, 2.45) is 0 Å². The Morgan fingerprint density at radius 1 is 1.08 bits per heavy atom. The molecule has 1 heterocycles. The molecule has 0 aliphatic rings. The Morgan fingerprint density at radius 3 is 2.46 bits per heavy atom. The Hall–Kier alpha value is -2.24. The van der Waals surface area contributed by atoms with Gasteiger partial charge < -0.3 is 5.11 Å². The number of thiazole rings is 1. The zero-order chi connectivity index (χ0) is 16.9. The number of benzene rings is 2. The third-order valence-corrected chi connectivity index (χ3v) is 4.91. The number of halogens is 1. The molecule has 0 amide bonds. The van der Waals surface area contributed by atoms with Crippen molar-refractivity contribution in [1.29, 1.82) is 0 Å². The molecule has 5 heteroatoms. The molecule has 1 N–H and O–H groups in total. The Bertz CT molecular complexity index is 870. The molecule has 0 saturated heterocycles. The Kier molecular flexibility index (Phi) is 5.23. The van der Waals surface area contributed by atoms with Gasteiger partial charge in [-0.2, -0.15) is 0 Å². The summed E-state index contributed by atoms with van der Waals surface area (Å²) in [7, 11) is 0. The molecule has 0 spiro atoms. The van der Waals surface area contributed by atoms with Crippen molar-refractivity contribution in [3.05, 3.63) is 74.5 Å². The zero-order valence-corrected chi connectivity index (χ0v) is 15.0. The predicted molar refractivity (Wildman–Crippen MR) is 102 cm³/mol. The van der Waals surface area contributed by atoms with Gasteiger partial charge in [0.15, 0.2) is 0 Å². The van der Waals surface area contributed by atoms with E-state index >= 15 is 0 Å². The maximum Gasteiger partial charge on any atom is 0.308 e. The van der Waals surface area contributed by atoms with Gasteiger partial charge in [0.25, 0.3) is 0 Å². The molecule has 0 unspecified atom stereocenters. The fourth-order valence-corrected chi connectivity index (χ4v) is 3.51. The van der Waals surface area contributed by atoms with Gasteiger partial charge in [-0.25, -0.2) is 4.98 Å². The van der Waals surface area contributed by atoms with Crippen LogP contribution in [0.15, 0.2) is 59.1 Å². The third-order valence-electron chi connectivity index (χ3n) is 3.36. The van der Waals surface area contributed by atoms with Crippen LogP contribution < -0.4 is 0 Å². The van der Waals surface area contributed by atoms with Gasteiger partial charge in [-0.05, 0) is 23.8 Å². The van der Waals surface area contributed by atoms with Crippen molar-refractivity contribution in [1.82, 2.24) is 4.98 Å². The number of nitrogens with zero attached hydrogens (tertiary/aromatic N) is 1. The Balaban J connectivity index is 1.93. The highest BCUT2D eigenvalue weighted by Gasteiger charge is 2.14. The maximum absolute atomic E-state index is 11.1. The first-order chi connectivity index (χ1) is 11.6. The summed E-state index contributed by atoms with van der Waals surface area (Å²) in [6.07, 6.45) is 3.88. The van der Waals surface area contributed by atoms with E-state index in [1.54, 1.807) is 0 Å². The van der Waals surface area contributed by atoms with E-state index in [1.165, 1.54) is 11.3 Å². The van der Waals surface area contributed by atoms with E-state index in [9.17, 15) is 4.79 Å². The van der Waals surface area contributed by atoms with Gasteiger partial charge in [-0.15, -0.1) is 11.3 Å². The minimum atomic E-state index is -0.848. The average Bonchev–Trinajstić information content (AvgIpc) is 2.97.